The first-order valence-electron chi connectivity index (χ1n) is 6.11. The Bertz CT molecular complexity index is 749. The van der Waals surface area contributed by atoms with Crippen molar-refractivity contribution >= 4 is 23.2 Å². The number of nitrogens with zero attached hydrogens (tertiary/aromatic N) is 3. The Kier molecular flexibility index (Phi) is 3.99. The minimum atomic E-state index is -0.0182. The van der Waals surface area contributed by atoms with Gasteiger partial charge in [0.15, 0.2) is 0 Å². The molecule has 2 aromatic carbocycles. The van der Waals surface area contributed by atoms with Gasteiger partial charge in [0.1, 0.15) is 5.75 Å². The maximum Gasteiger partial charge on any atom is 0.262 e. The second-order valence-electron chi connectivity index (χ2n) is 4.17. The topological polar surface area (TPSA) is 47.9 Å². The molecule has 0 aliphatic heterocycles. The summed E-state index contributed by atoms with van der Waals surface area (Å²) in [5.74, 6) is 0.720. The van der Waals surface area contributed by atoms with Crippen molar-refractivity contribution in [1.82, 2.24) is 15.2 Å². The molecule has 104 valence electrons. The summed E-state index contributed by atoms with van der Waals surface area (Å²) in [4.78, 5) is 3.89. The predicted molar refractivity (Wildman–Crippen MR) is 81.8 cm³/mol. The van der Waals surface area contributed by atoms with Crippen LogP contribution in [0, 0.1) is 0 Å². The van der Waals surface area contributed by atoms with Crippen molar-refractivity contribution < 1.29 is 4.74 Å². The first kappa shape index (κ1) is 13.8. The summed E-state index contributed by atoms with van der Waals surface area (Å²) in [6.45, 7) is 0. The van der Waals surface area contributed by atoms with Crippen molar-refractivity contribution in [1.29, 1.82) is 0 Å². The zero-order valence-corrected chi connectivity index (χ0v) is 12.2. The second-order valence-corrected chi connectivity index (χ2v) is 4.87. The van der Waals surface area contributed by atoms with E-state index in [1.807, 2.05) is 54.6 Å². The zero-order chi connectivity index (χ0) is 14.7. The molecule has 3 rings (SSSR count). The molecule has 1 aromatic heterocycles. The average molecular weight is 318 g/mol. The van der Waals surface area contributed by atoms with E-state index in [0.717, 1.165) is 11.1 Å². The summed E-state index contributed by atoms with van der Waals surface area (Å²) in [7, 11) is 0. The first-order chi connectivity index (χ1) is 10.2. The smallest absolute Gasteiger partial charge is 0.262 e. The van der Waals surface area contributed by atoms with Crippen LogP contribution in [0.2, 0.25) is 10.4 Å². The van der Waals surface area contributed by atoms with E-state index in [4.69, 9.17) is 27.9 Å². The van der Waals surface area contributed by atoms with Crippen molar-refractivity contribution in [2.24, 2.45) is 0 Å². The monoisotopic (exact) mass is 317 g/mol. The Morgan fingerprint density at radius 1 is 0.762 bits per heavy atom. The fraction of sp³-hybridized carbons (Fsp3) is 0. The highest BCUT2D eigenvalue weighted by Crippen LogP contribution is 2.28. The number of hydrogen-bond acceptors (Lipinski definition) is 4. The maximum atomic E-state index is 5.85. The average Bonchev–Trinajstić information content (AvgIpc) is 2.53. The van der Waals surface area contributed by atoms with Crippen LogP contribution in [0.1, 0.15) is 0 Å². The van der Waals surface area contributed by atoms with Crippen molar-refractivity contribution in [2.45, 2.75) is 0 Å². The lowest BCUT2D eigenvalue weighted by atomic mass is 10.1. The van der Waals surface area contributed by atoms with Gasteiger partial charge in [0, 0.05) is 0 Å². The van der Waals surface area contributed by atoms with Gasteiger partial charge in [0.2, 0.25) is 10.4 Å². The molecule has 0 atom stereocenters. The van der Waals surface area contributed by atoms with Crippen molar-refractivity contribution in [3.8, 4) is 22.8 Å². The molecule has 6 heteroatoms. The summed E-state index contributed by atoms with van der Waals surface area (Å²) < 4.78 is 5.55. The van der Waals surface area contributed by atoms with Crippen LogP contribution in [0.3, 0.4) is 0 Å². The third kappa shape index (κ3) is 3.29. The van der Waals surface area contributed by atoms with E-state index >= 15 is 0 Å². The van der Waals surface area contributed by atoms with Crippen LogP contribution in [-0.2, 0) is 0 Å². The lowest BCUT2D eigenvalue weighted by molar-refractivity contribution is 0.457. The second kappa shape index (κ2) is 6.08. The van der Waals surface area contributed by atoms with E-state index in [1.54, 1.807) is 0 Å². The minimum Gasteiger partial charge on any atom is -0.436 e. The van der Waals surface area contributed by atoms with Gasteiger partial charge in [-0.25, -0.2) is 0 Å². The number of benzene rings is 2. The number of ether oxygens (including phenoxy) is 1. The summed E-state index contributed by atoms with van der Waals surface area (Å²) >= 11 is 11.5. The van der Waals surface area contributed by atoms with Gasteiger partial charge in [-0.3, -0.25) is 0 Å². The lowest BCUT2D eigenvalue weighted by Crippen LogP contribution is -1.94. The molecular formula is C15H9Cl2N3O. The third-order valence-corrected chi connectivity index (χ3v) is 3.16. The molecule has 0 amide bonds. The molecule has 0 saturated heterocycles. The molecular weight excluding hydrogens is 309 g/mol. The van der Waals surface area contributed by atoms with Crippen molar-refractivity contribution in [3.63, 3.8) is 0 Å². The Balaban J connectivity index is 1.83. The van der Waals surface area contributed by atoms with Gasteiger partial charge in [-0.1, -0.05) is 54.1 Å². The largest absolute Gasteiger partial charge is 0.436 e. The standard InChI is InChI=1S/C15H9Cl2N3O/c16-13-14(18-15(17)20-19-13)21-12-8-6-11(7-9-12)10-4-2-1-3-5-10/h1-9H. The highest BCUT2D eigenvalue weighted by atomic mass is 35.5. The Morgan fingerprint density at radius 3 is 2.14 bits per heavy atom. The van der Waals surface area contributed by atoms with E-state index in [1.165, 1.54) is 0 Å². The van der Waals surface area contributed by atoms with Crippen molar-refractivity contribution in [2.75, 3.05) is 0 Å². The van der Waals surface area contributed by atoms with Gasteiger partial charge in [-0.2, -0.15) is 4.98 Å². The summed E-state index contributed by atoms with van der Waals surface area (Å²) in [5.41, 5.74) is 2.22. The van der Waals surface area contributed by atoms with Gasteiger partial charge in [0.05, 0.1) is 0 Å². The highest BCUT2D eigenvalue weighted by Gasteiger charge is 2.08. The van der Waals surface area contributed by atoms with Crippen LogP contribution in [0.4, 0.5) is 0 Å². The molecule has 0 bridgehead atoms. The van der Waals surface area contributed by atoms with Crippen LogP contribution < -0.4 is 4.74 Å². The SMILES string of the molecule is Clc1nnc(Cl)c(Oc2ccc(-c3ccccc3)cc2)n1. The fourth-order valence-electron chi connectivity index (χ4n) is 1.80. The van der Waals surface area contributed by atoms with Gasteiger partial charge in [0.25, 0.3) is 5.88 Å². The predicted octanol–water partition coefficient (Wildman–Crippen LogP) is 4.64. The van der Waals surface area contributed by atoms with Crippen LogP contribution >= 0.6 is 23.2 Å². The fourth-order valence-corrected chi connectivity index (χ4v) is 2.04. The lowest BCUT2D eigenvalue weighted by Gasteiger charge is -2.07. The van der Waals surface area contributed by atoms with Crippen LogP contribution in [0.25, 0.3) is 11.1 Å². The molecule has 0 unspecified atom stereocenters. The molecule has 0 saturated carbocycles. The van der Waals surface area contributed by atoms with E-state index in [0.29, 0.717) is 5.75 Å². The number of aromatic nitrogens is 3. The molecule has 1 heterocycles. The Hall–Kier alpha value is -2.17. The molecule has 3 aromatic rings. The molecule has 4 nitrogen and oxygen atoms in total. The number of halogens is 2. The Labute approximate surface area is 131 Å². The normalized spacial score (nSPS) is 10.4. The molecule has 0 radical (unpaired) electrons. The molecule has 0 aliphatic carbocycles. The van der Waals surface area contributed by atoms with Crippen LogP contribution in [-0.4, -0.2) is 15.2 Å². The molecule has 21 heavy (non-hydrogen) atoms. The van der Waals surface area contributed by atoms with E-state index in [-0.39, 0.29) is 16.3 Å². The quantitative estimate of drug-likeness (QED) is 0.706. The number of rotatable bonds is 3. The molecule has 0 fully saturated rings. The molecule has 0 aliphatic rings. The van der Waals surface area contributed by atoms with Crippen molar-refractivity contribution in [3.05, 3.63) is 65.0 Å². The van der Waals surface area contributed by atoms with E-state index in [9.17, 15) is 0 Å². The summed E-state index contributed by atoms with van der Waals surface area (Å²) in [6.07, 6.45) is 0. The van der Waals surface area contributed by atoms with Crippen LogP contribution in [0.5, 0.6) is 11.6 Å². The third-order valence-electron chi connectivity index (χ3n) is 2.77. The minimum absolute atomic E-state index is 0.0182. The molecule has 0 spiro atoms. The van der Waals surface area contributed by atoms with Gasteiger partial charge in [-0.15, -0.1) is 10.2 Å². The van der Waals surface area contributed by atoms with E-state index in [2.05, 4.69) is 15.2 Å². The van der Waals surface area contributed by atoms with Gasteiger partial charge in [-0.05, 0) is 34.9 Å². The maximum absolute atomic E-state index is 5.85. The van der Waals surface area contributed by atoms with E-state index < -0.39 is 0 Å². The van der Waals surface area contributed by atoms with Gasteiger partial charge < -0.3 is 4.74 Å². The Morgan fingerprint density at radius 2 is 1.43 bits per heavy atom. The molecule has 0 N–H and O–H groups in total. The summed E-state index contributed by atoms with van der Waals surface area (Å²) in [5, 5.41) is 7.21. The van der Waals surface area contributed by atoms with Crippen LogP contribution in [0.15, 0.2) is 54.6 Å². The summed E-state index contributed by atoms with van der Waals surface area (Å²) in [6, 6.07) is 17.6. The number of hydrogen-bond donors (Lipinski definition) is 0. The zero-order valence-electron chi connectivity index (χ0n) is 10.7. The van der Waals surface area contributed by atoms with Gasteiger partial charge >= 0.3 is 0 Å². The highest BCUT2D eigenvalue weighted by molar-refractivity contribution is 6.31. The first-order valence-corrected chi connectivity index (χ1v) is 6.87.